The molecule has 0 bridgehead atoms. The normalized spacial score (nSPS) is 11.8. The molecule has 0 spiro atoms. The highest BCUT2D eigenvalue weighted by Crippen LogP contribution is 2.10. The fraction of sp³-hybridized carbons (Fsp3) is 0.800. The number of aliphatic carboxylic acids is 1. The van der Waals surface area contributed by atoms with Gasteiger partial charge in [0, 0.05) is 13.6 Å². The Balaban J connectivity index is 4.22. The van der Waals surface area contributed by atoms with Crippen LogP contribution in [0.25, 0.3) is 0 Å². The van der Waals surface area contributed by atoms with Gasteiger partial charge >= 0.3 is 11.9 Å². The zero-order valence-corrected chi connectivity index (χ0v) is 13.3. The zero-order chi connectivity index (χ0) is 16.3. The van der Waals surface area contributed by atoms with Gasteiger partial charge in [-0.1, -0.05) is 32.6 Å². The van der Waals surface area contributed by atoms with Crippen molar-refractivity contribution in [2.75, 3.05) is 20.2 Å². The van der Waals surface area contributed by atoms with Crippen LogP contribution in [0.4, 0.5) is 0 Å². The number of ether oxygens (including phenoxy) is 1. The maximum absolute atomic E-state index is 11.9. The Morgan fingerprint density at radius 2 is 1.71 bits per heavy atom. The summed E-state index contributed by atoms with van der Waals surface area (Å²) in [5, 5.41) is 9.00. The number of unbranched alkanes of at least 4 members (excludes halogenated alkanes) is 4. The van der Waals surface area contributed by atoms with E-state index in [1.807, 2.05) is 0 Å². The molecule has 1 atom stereocenters. The second-order valence-corrected chi connectivity index (χ2v) is 5.08. The summed E-state index contributed by atoms with van der Waals surface area (Å²) in [6.45, 7) is 4.42. The molecule has 1 unspecified atom stereocenters. The van der Waals surface area contributed by atoms with Crippen molar-refractivity contribution in [1.29, 1.82) is 0 Å². The number of rotatable bonds is 11. The van der Waals surface area contributed by atoms with Gasteiger partial charge in [0.2, 0.25) is 5.91 Å². The molecule has 0 aliphatic heterocycles. The van der Waals surface area contributed by atoms with E-state index in [1.165, 1.54) is 11.3 Å². The minimum absolute atomic E-state index is 0.101. The summed E-state index contributed by atoms with van der Waals surface area (Å²) < 4.78 is 4.68. The van der Waals surface area contributed by atoms with Crippen molar-refractivity contribution in [3.05, 3.63) is 0 Å². The first-order valence-electron chi connectivity index (χ1n) is 7.57. The Labute approximate surface area is 126 Å². The van der Waals surface area contributed by atoms with Crippen LogP contribution in [0.1, 0.15) is 52.4 Å². The molecule has 0 saturated carbocycles. The molecule has 0 rings (SSSR count). The first kappa shape index (κ1) is 19.4. The van der Waals surface area contributed by atoms with Gasteiger partial charge in [0.1, 0.15) is 0 Å². The molecule has 0 aromatic heterocycles. The van der Waals surface area contributed by atoms with Gasteiger partial charge < -0.3 is 14.7 Å². The summed E-state index contributed by atoms with van der Waals surface area (Å²) in [5.74, 6) is -3.93. The van der Waals surface area contributed by atoms with E-state index in [1.54, 1.807) is 14.0 Å². The number of carbonyl (C=O) groups excluding carboxylic acids is 2. The zero-order valence-electron chi connectivity index (χ0n) is 13.3. The largest absolute Gasteiger partial charge is 0.481 e. The predicted molar refractivity (Wildman–Crippen MR) is 78.8 cm³/mol. The van der Waals surface area contributed by atoms with E-state index in [-0.39, 0.29) is 18.9 Å². The molecule has 0 heterocycles. The lowest BCUT2D eigenvalue weighted by Crippen LogP contribution is -2.35. The topological polar surface area (TPSA) is 83.9 Å². The lowest BCUT2D eigenvalue weighted by atomic mass is 10.1. The molecule has 0 aromatic carbocycles. The van der Waals surface area contributed by atoms with E-state index in [9.17, 15) is 14.4 Å². The van der Waals surface area contributed by atoms with Crippen LogP contribution in [0.2, 0.25) is 0 Å². The molecule has 0 fully saturated rings. The van der Waals surface area contributed by atoms with Gasteiger partial charge in [-0.25, -0.2) is 0 Å². The van der Waals surface area contributed by atoms with Gasteiger partial charge in [0.25, 0.3) is 0 Å². The number of nitrogens with zero attached hydrogens (tertiary/aromatic N) is 1. The summed E-state index contributed by atoms with van der Waals surface area (Å²) in [6, 6.07) is 0. The Morgan fingerprint density at radius 3 is 2.24 bits per heavy atom. The Kier molecular flexibility index (Phi) is 10.3. The van der Waals surface area contributed by atoms with E-state index in [0.29, 0.717) is 6.54 Å². The highest BCUT2D eigenvalue weighted by atomic mass is 16.5. The molecule has 0 aliphatic rings. The van der Waals surface area contributed by atoms with Crippen molar-refractivity contribution < 1.29 is 24.2 Å². The number of hydrogen-bond acceptors (Lipinski definition) is 4. The minimum atomic E-state index is -1.42. The maximum atomic E-state index is 11.9. The van der Waals surface area contributed by atoms with Crippen LogP contribution >= 0.6 is 0 Å². The average Bonchev–Trinajstić information content (AvgIpc) is 2.43. The van der Waals surface area contributed by atoms with Gasteiger partial charge in [0.15, 0.2) is 5.92 Å². The quantitative estimate of drug-likeness (QED) is 0.359. The molecule has 0 saturated heterocycles. The summed E-state index contributed by atoms with van der Waals surface area (Å²) >= 11 is 0. The van der Waals surface area contributed by atoms with E-state index in [0.717, 1.165) is 25.7 Å². The summed E-state index contributed by atoms with van der Waals surface area (Å²) in [7, 11) is 1.63. The first-order chi connectivity index (χ1) is 9.93. The molecule has 0 aromatic rings. The second-order valence-electron chi connectivity index (χ2n) is 5.08. The summed E-state index contributed by atoms with van der Waals surface area (Å²) in [4.78, 5) is 36.0. The van der Waals surface area contributed by atoms with Crippen molar-refractivity contribution in [3.8, 4) is 0 Å². The van der Waals surface area contributed by atoms with Crippen LogP contribution in [0.15, 0.2) is 0 Å². The molecular weight excluding hydrogens is 274 g/mol. The van der Waals surface area contributed by atoms with Crippen LogP contribution in [-0.2, 0) is 19.1 Å². The van der Waals surface area contributed by atoms with Gasteiger partial charge in [-0.05, 0) is 13.3 Å². The fourth-order valence-electron chi connectivity index (χ4n) is 1.92. The standard InChI is InChI=1S/C15H27NO5/c1-4-6-7-8-9-10-16(3)13(17)11-12(14(18)19)15(20)21-5-2/h12H,4-11H2,1-3H3,(H,18,19). The van der Waals surface area contributed by atoms with Crippen molar-refractivity contribution in [2.24, 2.45) is 5.92 Å². The van der Waals surface area contributed by atoms with E-state index >= 15 is 0 Å². The number of esters is 1. The van der Waals surface area contributed by atoms with Crippen molar-refractivity contribution in [3.63, 3.8) is 0 Å². The van der Waals surface area contributed by atoms with Gasteiger partial charge in [-0.2, -0.15) is 0 Å². The third-order valence-electron chi connectivity index (χ3n) is 3.27. The third kappa shape index (κ3) is 8.32. The van der Waals surface area contributed by atoms with Crippen LogP contribution < -0.4 is 0 Å². The second kappa shape index (κ2) is 11.1. The number of carbonyl (C=O) groups is 3. The molecule has 0 radical (unpaired) electrons. The molecule has 6 nitrogen and oxygen atoms in total. The highest BCUT2D eigenvalue weighted by Gasteiger charge is 2.31. The van der Waals surface area contributed by atoms with E-state index in [2.05, 4.69) is 11.7 Å². The Hall–Kier alpha value is -1.59. The smallest absolute Gasteiger partial charge is 0.320 e. The van der Waals surface area contributed by atoms with E-state index < -0.39 is 17.9 Å². The van der Waals surface area contributed by atoms with Gasteiger partial charge in [-0.3, -0.25) is 14.4 Å². The number of amides is 1. The lowest BCUT2D eigenvalue weighted by Gasteiger charge is -2.19. The summed E-state index contributed by atoms with van der Waals surface area (Å²) in [5.41, 5.74) is 0. The van der Waals surface area contributed by atoms with Crippen LogP contribution in [0, 0.1) is 5.92 Å². The minimum Gasteiger partial charge on any atom is -0.481 e. The lowest BCUT2D eigenvalue weighted by molar-refractivity contribution is -0.161. The molecule has 6 heteroatoms. The van der Waals surface area contributed by atoms with Crippen molar-refractivity contribution >= 4 is 17.8 Å². The fourth-order valence-corrected chi connectivity index (χ4v) is 1.92. The highest BCUT2D eigenvalue weighted by molar-refractivity contribution is 5.98. The van der Waals surface area contributed by atoms with Crippen molar-refractivity contribution in [1.82, 2.24) is 4.90 Å². The number of carboxylic acid groups (broad SMARTS) is 1. The molecule has 1 amide bonds. The Bertz CT molecular complexity index is 343. The Morgan fingerprint density at radius 1 is 1.10 bits per heavy atom. The molecule has 1 N–H and O–H groups in total. The van der Waals surface area contributed by atoms with Crippen LogP contribution in [0.5, 0.6) is 0 Å². The molecular formula is C15H27NO5. The monoisotopic (exact) mass is 301 g/mol. The average molecular weight is 301 g/mol. The molecule has 21 heavy (non-hydrogen) atoms. The van der Waals surface area contributed by atoms with Gasteiger partial charge in [-0.15, -0.1) is 0 Å². The number of carboxylic acids is 1. The predicted octanol–water partition coefficient (Wildman–Crippen LogP) is 2.07. The van der Waals surface area contributed by atoms with Crippen LogP contribution in [0.3, 0.4) is 0 Å². The summed E-state index contributed by atoms with van der Waals surface area (Å²) in [6.07, 6.45) is 5.07. The first-order valence-corrected chi connectivity index (χ1v) is 7.57. The molecule has 0 aliphatic carbocycles. The third-order valence-corrected chi connectivity index (χ3v) is 3.27. The SMILES string of the molecule is CCCCCCCN(C)C(=O)CC(C(=O)O)C(=O)OCC. The van der Waals surface area contributed by atoms with Gasteiger partial charge in [0.05, 0.1) is 13.0 Å². The van der Waals surface area contributed by atoms with Crippen LogP contribution in [-0.4, -0.2) is 48.1 Å². The number of hydrogen-bond donors (Lipinski definition) is 1. The molecule has 122 valence electrons. The van der Waals surface area contributed by atoms with E-state index in [4.69, 9.17) is 5.11 Å². The maximum Gasteiger partial charge on any atom is 0.320 e. The van der Waals surface area contributed by atoms with Crippen molar-refractivity contribution in [2.45, 2.75) is 52.4 Å².